The van der Waals surface area contributed by atoms with Gasteiger partial charge in [0.2, 0.25) is 0 Å². The van der Waals surface area contributed by atoms with E-state index >= 15 is 0 Å². The Bertz CT molecular complexity index is 3830. The first-order chi connectivity index (χ1) is 38.6. The van der Waals surface area contributed by atoms with Crippen LogP contribution in [-0.4, -0.2) is 94.9 Å². The van der Waals surface area contributed by atoms with E-state index in [2.05, 4.69) is 70.4 Å². The molecule has 1 amide bonds. The molecule has 9 rings (SSSR count). The molecule has 0 aliphatic carbocycles. The molecule has 3 aromatic heterocycles. The Morgan fingerprint density at radius 2 is 0.951 bits per heavy atom. The van der Waals surface area contributed by atoms with Crippen LogP contribution in [0.3, 0.4) is 0 Å². The number of amides is 1. The van der Waals surface area contributed by atoms with Gasteiger partial charge >= 0.3 is 5.97 Å². The highest BCUT2D eigenvalue weighted by molar-refractivity contribution is 7.92. The Morgan fingerprint density at radius 1 is 0.549 bits per heavy atom. The summed E-state index contributed by atoms with van der Waals surface area (Å²) in [7, 11) is -3.59. The summed E-state index contributed by atoms with van der Waals surface area (Å²) in [5.74, 6) is -1.67. The number of carboxylic acids is 1. The van der Waals surface area contributed by atoms with Crippen LogP contribution in [0.2, 0.25) is 0 Å². The average molecular weight is 1150 g/mol. The van der Waals surface area contributed by atoms with Gasteiger partial charge < -0.3 is 32.1 Å². The molecule has 0 saturated heterocycles. The molecule has 0 aliphatic rings. The lowest BCUT2D eigenvalue weighted by molar-refractivity contribution is -0.385. The zero-order valence-electron chi connectivity index (χ0n) is 45.3. The number of nitrogens with one attached hydrogen (secondary N) is 8. The van der Waals surface area contributed by atoms with E-state index in [1.54, 1.807) is 62.4 Å². The maximum atomic E-state index is 13.3. The van der Waals surface area contributed by atoms with E-state index in [1.165, 1.54) is 12.1 Å². The number of nitro benzene ring substituents is 3. The van der Waals surface area contributed by atoms with Crippen molar-refractivity contribution in [3.05, 3.63) is 174 Å². The van der Waals surface area contributed by atoms with E-state index in [9.17, 15) is 57.1 Å². The molecule has 0 bridgehead atoms. The van der Waals surface area contributed by atoms with Gasteiger partial charge in [0, 0.05) is 70.3 Å². The second kappa shape index (κ2) is 28.0. The number of H-pyrrole nitrogens is 3. The quantitative estimate of drug-likeness (QED) is 0.0259. The van der Waals surface area contributed by atoms with Crippen molar-refractivity contribution < 1.29 is 46.7 Å². The van der Waals surface area contributed by atoms with Crippen LogP contribution in [0.4, 0.5) is 54.7 Å². The molecule has 0 atom stereocenters. The molecular formula is C53H59F2N15O11S. The van der Waals surface area contributed by atoms with Gasteiger partial charge in [-0.15, -0.1) is 0 Å². The average Bonchev–Trinajstić information content (AvgIpc) is 4.30. The van der Waals surface area contributed by atoms with Gasteiger partial charge in [-0.1, -0.05) is 18.2 Å². The highest BCUT2D eigenvalue weighted by Gasteiger charge is 2.19. The number of non-ortho nitro benzene ring substituents is 3. The molecule has 0 unspecified atom stereocenters. The van der Waals surface area contributed by atoms with Crippen molar-refractivity contribution in [2.45, 2.75) is 84.5 Å². The largest absolute Gasteiger partial charge is 0.478 e. The van der Waals surface area contributed by atoms with Crippen LogP contribution in [0, 0.1) is 42.0 Å². The smallest absolute Gasteiger partial charge is 0.338 e. The normalized spacial score (nSPS) is 10.9. The van der Waals surface area contributed by atoms with Crippen LogP contribution in [-0.2, 0) is 10.0 Å². The van der Waals surface area contributed by atoms with Gasteiger partial charge in [0.05, 0.1) is 65.2 Å². The molecule has 0 radical (unpaired) electrons. The number of benzene rings is 6. The molecule has 0 saturated carbocycles. The molecule has 0 spiro atoms. The van der Waals surface area contributed by atoms with Crippen molar-refractivity contribution >= 4 is 100 Å². The molecule has 9 aromatic rings. The van der Waals surface area contributed by atoms with E-state index in [4.69, 9.17) is 10.8 Å². The lowest BCUT2D eigenvalue weighted by Crippen LogP contribution is -2.30. The van der Waals surface area contributed by atoms with Crippen molar-refractivity contribution in [2.75, 3.05) is 26.4 Å². The Kier molecular flexibility index (Phi) is 21.4. The fourth-order valence-electron chi connectivity index (χ4n) is 7.14. The van der Waals surface area contributed by atoms with Crippen molar-refractivity contribution in [1.82, 2.24) is 35.9 Å². The number of nitrogens with two attached hydrogens (primary N) is 1. The first kappa shape index (κ1) is 62.5. The third kappa shape index (κ3) is 17.6. The summed E-state index contributed by atoms with van der Waals surface area (Å²) in [5.41, 5.74) is 7.74. The first-order valence-electron chi connectivity index (χ1n) is 24.8. The number of carbonyl (C=O) groups is 2. The van der Waals surface area contributed by atoms with Crippen LogP contribution >= 0.6 is 0 Å². The number of nitro groups is 3. The fourth-order valence-corrected chi connectivity index (χ4v) is 8.21. The summed E-state index contributed by atoms with van der Waals surface area (Å²) < 4.78 is 53.4. The van der Waals surface area contributed by atoms with E-state index < -0.39 is 59.6 Å². The molecule has 432 valence electrons. The van der Waals surface area contributed by atoms with Crippen LogP contribution in [0.15, 0.2) is 126 Å². The van der Waals surface area contributed by atoms with Gasteiger partial charge in [-0.25, -0.2) is 22.0 Å². The third-order valence-corrected chi connectivity index (χ3v) is 12.1. The number of rotatable bonds is 15. The predicted molar refractivity (Wildman–Crippen MR) is 309 cm³/mol. The fraction of sp³-hybridized carbons (Fsp3) is 0.226. The van der Waals surface area contributed by atoms with E-state index in [1.807, 2.05) is 52.0 Å². The topological polar surface area (TPSA) is 390 Å². The number of halogens is 2. The second-order valence-corrected chi connectivity index (χ2v) is 20.5. The summed E-state index contributed by atoms with van der Waals surface area (Å²) in [5, 5.41) is 75.6. The Balaban J connectivity index is 0.000000191. The van der Waals surface area contributed by atoms with Gasteiger partial charge in [-0.05, 0) is 122 Å². The van der Waals surface area contributed by atoms with E-state index in [0.717, 1.165) is 80.7 Å². The number of hydrogen-bond donors (Lipinski definition) is 10. The minimum Gasteiger partial charge on any atom is -0.478 e. The number of aromatic amines is 3. The lowest BCUT2D eigenvalue weighted by Gasteiger charge is -2.09. The third-order valence-electron chi connectivity index (χ3n) is 10.7. The highest BCUT2D eigenvalue weighted by Crippen LogP contribution is 2.28. The summed E-state index contributed by atoms with van der Waals surface area (Å²) in [4.78, 5) is 51.1. The van der Waals surface area contributed by atoms with Crippen LogP contribution < -0.4 is 31.7 Å². The maximum Gasteiger partial charge on any atom is 0.338 e. The van der Waals surface area contributed by atoms with Crippen molar-refractivity contribution in [2.24, 2.45) is 0 Å². The van der Waals surface area contributed by atoms with Gasteiger partial charge in [0.25, 0.3) is 33.0 Å². The molecule has 29 heteroatoms. The zero-order chi connectivity index (χ0) is 60.6. The zero-order valence-corrected chi connectivity index (χ0v) is 46.1. The number of aromatic carboxylic acids is 1. The number of fused-ring (bicyclic) bond motifs is 3. The van der Waals surface area contributed by atoms with Crippen LogP contribution in [0.5, 0.6) is 0 Å². The second-order valence-electron chi connectivity index (χ2n) is 18.9. The number of aromatic nitrogens is 6. The van der Waals surface area contributed by atoms with E-state index in [0.29, 0.717) is 23.3 Å². The number of carbonyl (C=O) groups excluding carboxylic acids is 1. The summed E-state index contributed by atoms with van der Waals surface area (Å²) in [6, 6.07) is 30.0. The van der Waals surface area contributed by atoms with Crippen molar-refractivity contribution in [1.29, 1.82) is 0 Å². The SMILES string of the molecule is CC(C)NC(=O)c1ccc([N+](=O)[O-])cc1F.CC(C)Nc1n[nH]c2cc(N)ccc12.CC(C)Nc1n[nH]c2cc(NS(=O)(=O)c3ccccc3)ccc12.CC(C)Nc1n[nH]c2cc([N+](=O)[O-])ccc12.O=C(O)c1ccc([N+](=O)[O-])cc1F. The van der Waals surface area contributed by atoms with E-state index in [-0.39, 0.29) is 40.0 Å². The van der Waals surface area contributed by atoms with Gasteiger partial charge in [0.15, 0.2) is 17.5 Å². The van der Waals surface area contributed by atoms with Gasteiger partial charge in [-0.2, -0.15) is 15.3 Å². The molecule has 11 N–H and O–H groups in total. The first-order valence-corrected chi connectivity index (χ1v) is 26.3. The van der Waals surface area contributed by atoms with Gasteiger partial charge in [-0.3, -0.25) is 55.2 Å². The molecule has 3 heterocycles. The standard InChI is InChI=1S/C16H18N4O2S.C10H11FN2O3.C10H12N4O2.C10H14N4.C7H4FNO4/c1-11(2)17-16-14-9-8-12(10-15(14)18-19-16)20-23(21,22)13-6-4-3-5-7-13;1-6(2)12-10(14)8-4-3-7(13(15)16)5-9(8)11;1-6(2)11-10-8-4-3-7(14(15)16)5-9(8)12-13-10;1-6(2)12-10-8-4-3-7(11)5-9(8)13-14-10;8-6-3-4(9(12)13)1-2-5(6)7(10)11/h3-11,20H,1-2H3,(H2,17,18,19);3-6H,1-2H3,(H,12,14);3-6H,1-2H3,(H2,11,12,13);3-6H,11H2,1-2H3,(H2,12,13,14);1-3H,(H,10,11). The Hall–Kier alpha value is -10.3. The van der Waals surface area contributed by atoms with Crippen LogP contribution in [0.1, 0.15) is 76.1 Å². The number of sulfonamides is 1. The number of hydrogen-bond acceptors (Lipinski definition) is 17. The monoisotopic (exact) mass is 1150 g/mol. The molecule has 82 heavy (non-hydrogen) atoms. The summed E-state index contributed by atoms with van der Waals surface area (Å²) >= 11 is 0. The molecule has 6 aromatic carbocycles. The number of carboxylic acid groups (broad SMARTS) is 1. The maximum absolute atomic E-state index is 13.3. The van der Waals surface area contributed by atoms with Gasteiger partial charge in [0.1, 0.15) is 11.6 Å². The lowest BCUT2D eigenvalue weighted by atomic mass is 10.1. The molecule has 26 nitrogen and oxygen atoms in total. The minimum absolute atomic E-state index is 0.0623. The van der Waals surface area contributed by atoms with Crippen molar-refractivity contribution in [3.63, 3.8) is 0 Å². The Labute approximate surface area is 466 Å². The number of nitrogens with zero attached hydrogens (tertiary/aromatic N) is 6. The molecular weight excluding hydrogens is 1090 g/mol. The molecule has 0 fully saturated rings. The predicted octanol–water partition coefficient (Wildman–Crippen LogP) is 10.7. The summed E-state index contributed by atoms with van der Waals surface area (Å²) in [6.45, 7) is 15.7. The summed E-state index contributed by atoms with van der Waals surface area (Å²) in [6.07, 6.45) is 0. The minimum atomic E-state index is -3.59. The number of anilines is 5. The van der Waals surface area contributed by atoms with Crippen molar-refractivity contribution in [3.8, 4) is 0 Å². The highest BCUT2D eigenvalue weighted by atomic mass is 32.2. The van der Waals surface area contributed by atoms with Crippen LogP contribution in [0.25, 0.3) is 32.7 Å². The Morgan fingerprint density at radius 3 is 1.38 bits per heavy atom. The molecule has 0 aliphatic heterocycles. The number of nitrogen functional groups attached to an aromatic ring is 1.